The molecule has 0 spiro atoms. The van der Waals surface area contributed by atoms with Gasteiger partial charge in [-0.15, -0.1) is 0 Å². The van der Waals surface area contributed by atoms with Gasteiger partial charge in [-0.05, 0) is 130 Å². The molecule has 6 heterocycles. The van der Waals surface area contributed by atoms with E-state index in [1.54, 1.807) is 0 Å². The maximum atomic E-state index is 7.11. The Morgan fingerprint density at radius 1 is 0.189 bits per heavy atom. The summed E-state index contributed by atoms with van der Waals surface area (Å²) in [6.07, 6.45) is 0. The van der Waals surface area contributed by atoms with E-state index < -0.39 is 0 Å². The standard InChI is InChI=1S/C96H58N8O2/c1-6-23-59(24-7-1)91-97-92(60-25-8-2-9-26-60)100-95(99-91)77-41-22-44-87-88(77)81-56-67(48-52-86(81)105-87)66-46-50-84-79(55-66)73-37-16-17-43-82(73)104(84)71-36-19-33-65(54-71)63-31-18-32-64(53-63)68-45-49-74-80-57-69(47-51-83(80)103(85(74)58-68)70-34-14-5-15-35-70)72-38-20-39-75-76-40-21-42-78(90(76)106-89(72)75)96-101-93(61-27-10-3-11-28-61)98-94(102-96)62-29-12-4-13-30-62/h1-58H. The molecule has 0 aliphatic rings. The third-order valence-electron chi connectivity index (χ3n) is 20.6. The van der Waals surface area contributed by atoms with Crippen LogP contribution in [0.4, 0.5) is 0 Å². The second-order valence-corrected chi connectivity index (χ2v) is 26.9. The second-order valence-electron chi connectivity index (χ2n) is 26.9. The average Bonchev–Trinajstić information content (AvgIpc) is 1.58. The summed E-state index contributed by atoms with van der Waals surface area (Å²) in [5.74, 6) is 3.53. The minimum Gasteiger partial charge on any atom is -0.456 e. The van der Waals surface area contributed by atoms with Gasteiger partial charge in [0.25, 0.3) is 0 Å². The van der Waals surface area contributed by atoms with Gasteiger partial charge in [-0.2, -0.15) is 0 Å². The number of nitrogens with zero attached hydrogens (tertiary/aromatic N) is 8. The number of furan rings is 2. The van der Waals surface area contributed by atoms with Crippen molar-refractivity contribution in [2.24, 2.45) is 0 Å². The summed E-state index contributed by atoms with van der Waals surface area (Å²) in [5, 5.41) is 8.58. The highest BCUT2D eigenvalue weighted by atomic mass is 16.3. The number of para-hydroxylation sites is 4. The quantitative estimate of drug-likeness (QED) is 0.119. The van der Waals surface area contributed by atoms with Gasteiger partial charge in [-0.1, -0.05) is 261 Å². The lowest BCUT2D eigenvalue weighted by Gasteiger charge is -2.12. The van der Waals surface area contributed by atoms with Gasteiger partial charge >= 0.3 is 0 Å². The first-order chi connectivity index (χ1) is 52.5. The van der Waals surface area contributed by atoms with E-state index in [9.17, 15) is 0 Å². The molecule has 0 bridgehead atoms. The summed E-state index contributed by atoms with van der Waals surface area (Å²) in [7, 11) is 0. The molecule has 10 heteroatoms. The van der Waals surface area contributed by atoms with Gasteiger partial charge in [0.1, 0.15) is 22.3 Å². The summed E-state index contributed by atoms with van der Waals surface area (Å²) in [6, 6.07) is 124. The Balaban J connectivity index is 0.624. The van der Waals surface area contributed by atoms with Gasteiger partial charge in [0, 0.05) is 87.8 Å². The van der Waals surface area contributed by atoms with Gasteiger partial charge in [0.05, 0.1) is 27.6 Å². The van der Waals surface area contributed by atoms with Crippen molar-refractivity contribution < 1.29 is 8.83 Å². The summed E-state index contributed by atoms with van der Waals surface area (Å²) >= 11 is 0. The number of fused-ring (bicyclic) bond motifs is 12. The molecule has 10 nitrogen and oxygen atoms in total. The second kappa shape index (κ2) is 24.7. The van der Waals surface area contributed by atoms with Crippen molar-refractivity contribution in [1.29, 1.82) is 0 Å². The Kier molecular flexibility index (Phi) is 14.0. The van der Waals surface area contributed by atoms with Crippen LogP contribution in [-0.2, 0) is 0 Å². The Hall–Kier alpha value is -14.5. The maximum Gasteiger partial charge on any atom is 0.167 e. The fraction of sp³-hybridized carbons (Fsp3) is 0. The topological polar surface area (TPSA) is 113 Å². The van der Waals surface area contributed by atoms with Crippen LogP contribution in [-0.4, -0.2) is 39.0 Å². The van der Waals surface area contributed by atoms with Crippen LogP contribution in [0.5, 0.6) is 0 Å². The first-order valence-electron chi connectivity index (χ1n) is 35.5. The molecule has 21 rings (SSSR count). The van der Waals surface area contributed by atoms with Crippen LogP contribution in [0.15, 0.2) is 361 Å². The first kappa shape index (κ1) is 60.3. The minimum atomic E-state index is 0.545. The molecule has 6 aromatic heterocycles. The molecule has 0 atom stereocenters. The van der Waals surface area contributed by atoms with Crippen LogP contribution >= 0.6 is 0 Å². The summed E-state index contributed by atoms with van der Waals surface area (Å²) < 4.78 is 18.5. The fourth-order valence-corrected chi connectivity index (χ4v) is 15.6. The SMILES string of the molecule is c1ccc(-c2nc(-c3ccccc3)nc(-c3cccc4c3oc3c(-c5ccc6c(c5)c5ccc(-c7cccc(-c8cccc(-n9c%10ccccc%10c%10cc(-c%11ccc%12oc%13cccc(-c%14nc(-c%15ccccc%15)nc(-c%15ccccc%15)n%14)c%13c%12c%11)ccc%109)c8)c7)cc5n6-c5ccccc5)cccc34)n2)cc1. The molecule has 0 saturated heterocycles. The van der Waals surface area contributed by atoms with E-state index in [4.69, 9.17) is 38.7 Å². The van der Waals surface area contributed by atoms with Gasteiger partial charge < -0.3 is 18.0 Å². The monoisotopic (exact) mass is 1350 g/mol. The van der Waals surface area contributed by atoms with E-state index in [1.807, 2.05) is 140 Å². The van der Waals surface area contributed by atoms with Crippen molar-refractivity contribution >= 4 is 87.5 Å². The fourth-order valence-electron chi connectivity index (χ4n) is 15.6. The van der Waals surface area contributed by atoms with Crippen LogP contribution in [0.2, 0.25) is 0 Å². The molecule has 0 N–H and O–H groups in total. The molecule has 0 fully saturated rings. The van der Waals surface area contributed by atoms with Crippen LogP contribution in [0, 0.1) is 0 Å². The molecule has 0 unspecified atom stereocenters. The van der Waals surface area contributed by atoms with Crippen molar-refractivity contribution in [3.8, 4) is 124 Å². The Bertz CT molecular complexity index is 6950. The van der Waals surface area contributed by atoms with Gasteiger partial charge in [-0.25, -0.2) is 29.9 Å². The minimum absolute atomic E-state index is 0.545. The average molecular weight is 1360 g/mol. The molecule has 0 aliphatic heterocycles. The van der Waals surface area contributed by atoms with Gasteiger partial charge in [0.2, 0.25) is 0 Å². The molecule has 15 aromatic carbocycles. The van der Waals surface area contributed by atoms with Crippen LogP contribution in [0.1, 0.15) is 0 Å². The third-order valence-corrected chi connectivity index (χ3v) is 20.6. The smallest absolute Gasteiger partial charge is 0.167 e. The molecule has 21 aromatic rings. The zero-order valence-electron chi connectivity index (χ0n) is 56.9. The number of benzene rings is 15. The molecule has 0 amide bonds. The zero-order chi connectivity index (χ0) is 69.8. The van der Waals surface area contributed by atoms with E-state index >= 15 is 0 Å². The van der Waals surface area contributed by atoms with Crippen molar-refractivity contribution in [2.75, 3.05) is 0 Å². The van der Waals surface area contributed by atoms with Gasteiger partial charge in [-0.3, -0.25) is 0 Å². The van der Waals surface area contributed by atoms with Crippen molar-refractivity contribution in [1.82, 2.24) is 39.0 Å². The zero-order valence-corrected chi connectivity index (χ0v) is 56.9. The Morgan fingerprint density at radius 3 is 1.20 bits per heavy atom. The first-order valence-corrected chi connectivity index (χ1v) is 35.5. The Morgan fingerprint density at radius 2 is 0.575 bits per heavy atom. The molecular formula is C96H58N8O2. The van der Waals surface area contributed by atoms with E-state index in [1.165, 1.54) is 5.39 Å². The largest absolute Gasteiger partial charge is 0.456 e. The predicted octanol–water partition coefficient (Wildman–Crippen LogP) is 24.7. The normalized spacial score (nSPS) is 11.8. The van der Waals surface area contributed by atoms with Crippen molar-refractivity contribution in [3.05, 3.63) is 352 Å². The number of hydrogen-bond acceptors (Lipinski definition) is 8. The highest BCUT2D eigenvalue weighted by Crippen LogP contribution is 2.45. The number of rotatable bonds is 12. The van der Waals surface area contributed by atoms with E-state index in [-0.39, 0.29) is 0 Å². The molecule has 0 radical (unpaired) electrons. The molecule has 106 heavy (non-hydrogen) atoms. The lowest BCUT2D eigenvalue weighted by atomic mass is 9.97. The summed E-state index contributed by atoms with van der Waals surface area (Å²) in [4.78, 5) is 30.4. The van der Waals surface area contributed by atoms with Crippen LogP contribution < -0.4 is 0 Å². The third kappa shape index (κ3) is 10.2. The van der Waals surface area contributed by atoms with E-state index in [0.29, 0.717) is 34.9 Å². The summed E-state index contributed by atoms with van der Waals surface area (Å²) in [5.41, 5.74) is 23.7. The van der Waals surface area contributed by atoms with E-state index in [0.717, 1.165) is 171 Å². The van der Waals surface area contributed by atoms with Gasteiger partial charge in [0.15, 0.2) is 34.9 Å². The maximum absolute atomic E-state index is 7.11. The molecule has 494 valence electrons. The van der Waals surface area contributed by atoms with E-state index in [2.05, 4.69) is 221 Å². The molecule has 0 saturated carbocycles. The van der Waals surface area contributed by atoms with Crippen LogP contribution in [0.3, 0.4) is 0 Å². The lowest BCUT2D eigenvalue weighted by Crippen LogP contribution is -2.00. The predicted molar refractivity (Wildman–Crippen MR) is 431 cm³/mol. The van der Waals surface area contributed by atoms with Crippen molar-refractivity contribution in [3.63, 3.8) is 0 Å². The lowest BCUT2D eigenvalue weighted by molar-refractivity contribution is 0.669. The number of aromatic nitrogens is 8. The highest BCUT2D eigenvalue weighted by molar-refractivity contribution is 6.17. The molecular weight excluding hydrogens is 1300 g/mol. The summed E-state index contributed by atoms with van der Waals surface area (Å²) in [6.45, 7) is 0. The molecule has 0 aliphatic carbocycles. The van der Waals surface area contributed by atoms with Crippen molar-refractivity contribution in [2.45, 2.75) is 0 Å². The number of hydrogen-bond donors (Lipinski definition) is 0. The van der Waals surface area contributed by atoms with Crippen LogP contribution in [0.25, 0.3) is 212 Å². The highest BCUT2D eigenvalue weighted by Gasteiger charge is 2.24. The Labute approximate surface area is 607 Å².